The molecule has 1 aliphatic heterocycles. The highest BCUT2D eigenvalue weighted by Crippen LogP contribution is 2.36. The Labute approximate surface area is 274 Å². The predicted molar refractivity (Wildman–Crippen MR) is 182 cm³/mol. The number of rotatable bonds is 9. The van der Waals surface area contributed by atoms with E-state index >= 15 is 0 Å². The number of halogens is 1. The van der Waals surface area contributed by atoms with Gasteiger partial charge in [0.1, 0.15) is 5.57 Å². The Morgan fingerprint density at radius 3 is 1.96 bits per heavy atom. The summed E-state index contributed by atoms with van der Waals surface area (Å²) >= 11 is 2.05. The number of aryl methyl sites for hydroxylation is 2. The van der Waals surface area contributed by atoms with Gasteiger partial charge in [-0.15, -0.1) is 0 Å². The van der Waals surface area contributed by atoms with Gasteiger partial charge < -0.3 is 14.8 Å². The molecule has 1 aliphatic rings. The number of carbonyl (C=O) groups excluding carboxylic acids is 4. The Kier molecular flexibility index (Phi) is 9.62. The van der Waals surface area contributed by atoms with E-state index < -0.39 is 17.8 Å². The van der Waals surface area contributed by atoms with E-state index in [1.54, 1.807) is 72.8 Å². The van der Waals surface area contributed by atoms with Crippen LogP contribution in [-0.4, -0.2) is 37.0 Å². The summed E-state index contributed by atoms with van der Waals surface area (Å²) in [5.74, 6) is -1.16. The predicted octanol–water partition coefficient (Wildman–Crippen LogP) is 6.91. The lowest BCUT2D eigenvalue weighted by Crippen LogP contribution is -2.57. The number of ether oxygens (including phenoxy) is 2. The van der Waals surface area contributed by atoms with Gasteiger partial charge in [-0.3, -0.25) is 14.4 Å². The zero-order valence-corrected chi connectivity index (χ0v) is 27.0. The molecule has 9 nitrogen and oxygen atoms in total. The second-order valence-electron chi connectivity index (χ2n) is 10.2. The van der Waals surface area contributed by atoms with E-state index in [1.165, 1.54) is 6.08 Å². The first-order chi connectivity index (χ1) is 21.7. The van der Waals surface area contributed by atoms with Crippen molar-refractivity contribution in [3.63, 3.8) is 0 Å². The minimum Gasteiger partial charge on any atom is -0.490 e. The first kappa shape index (κ1) is 31.5. The summed E-state index contributed by atoms with van der Waals surface area (Å²) in [6.07, 6.45) is 1.43. The maximum absolute atomic E-state index is 13.7. The van der Waals surface area contributed by atoms with Gasteiger partial charge in [-0.1, -0.05) is 42.5 Å². The third-order valence-corrected chi connectivity index (χ3v) is 7.86. The average molecular weight is 716 g/mol. The number of para-hydroxylation sites is 2. The molecule has 0 atom stereocenters. The van der Waals surface area contributed by atoms with Crippen LogP contribution in [-0.2, 0) is 14.4 Å². The Hall–Kier alpha value is -4.97. The molecule has 4 aromatic carbocycles. The van der Waals surface area contributed by atoms with Crippen molar-refractivity contribution in [1.82, 2.24) is 0 Å². The van der Waals surface area contributed by atoms with E-state index in [-0.39, 0.29) is 18.1 Å². The Bertz CT molecular complexity index is 1740. The van der Waals surface area contributed by atoms with Crippen LogP contribution >= 0.6 is 22.6 Å². The van der Waals surface area contributed by atoms with Crippen molar-refractivity contribution in [2.45, 2.75) is 20.8 Å². The Balaban J connectivity index is 1.46. The molecule has 4 aromatic rings. The van der Waals surface area contributed by atoms with Crippen LogP contribution in [0.1, 0.15) is 23.6 Å². The van der Waals surface area contributed by atoms with E-state index in [2.05, 4.69) is 27.9 Å². The molecule has 0 bridgehead atoms. The molecular weight excluding hydrogens is 685 g/mol. The summed E-state index contributed by atoms with van der Waals surface area (Å²) in [4.78, 5) is 55.7. The number of benzene rings is 4. The number of imide groups is 2. The van der Waals surface area contributed by atoms with E-state index in [1.807, 2.05) is 39.0 Å². The summed E-state index contributed by atoms with van der Waals surface area (Å²) in [5.41, 5.74) is 3.79. The number of urea groups is 1. The lowest BCUT2D eigenvalue weighted by atomic mass is 10.0. The molecule has 0 radical (unpaired) electrons. The second kappa shape index (κ2) is 13.8. The fraction of sp³-hybridized carbons (Fsp3) is 0.143. The highest BCUT2D eigenvalue weighted by molar-refractivity contribution is 14.1. The zero-order valence-electron chi connectivity index (χ0n) is 24.9. The number of barbiturate groups is 1. The van der Waals surface area contributed by atoms with Gasteiger partial charge in [0.15, 0.2) is 18.1 Å². The zero-order chi connectivity index (χ0) is 32.1. The average Bonchev–Trinajstić information content (AvgIpc) is 3.02. The number of nitrogens with zero attached hydrogens (tertiary/aromatic N) is 2. The highest BCUT2D eigenvalue weighted by Gasteiger charge is 2.43. The van der Waals surface area contributed by atoms with E-state index in [0.717, 1.165) is 20.9 Å². The van der Waals surface area contributed by atoms with E-state index in [0.29, 0.717) is 44.3 Å². The molecule has 0 aliphatic carbocycles. The first-order valence-electron chi connectivity index (χ1n) is 14.2. The molecule has 228 valence electrons. The summed E-state index contributed by atoms with van der Waals surface area (Å²) in [6, 6.07) is 25.1. The highest BCUT2D eigenvalue weighted by atomic mass is 127. The van der Waals surface area contributed by atoms with Crippen LogP contribution in [0.5, 0.6) is 11.5 Å². The minimum atomic E-state index is -0.771. The van der Waals surface area contributed by atoms with Crippen LogP contribution in [0.25, 0.3) is 6.08 Å². The van der Waals surface area contributed by atoms with Gasteiger partial charge in [0.05, 0.1) is 21.6 Å². The molecule has 0 unspecified atom stereocenters. The molecule has 0 aromatic heterocycles. The maximum atomic E-state index is 13.7. The molecule has 1 heterocycles. The molecule has 0 saturated carbocycles. The number of carbonyl (C=O) groups is 4. The number of nitrogens with one attached hydrogen (secondary N) is 1. The van der Waals surface area contributed by atoms with Crippen molar-refractivity contribution in [2.75, 3.05) is 28.3 Å². The fourth-order valence-electron chi connectivity index (χ4n) is 4.73. The molecule has 1 fully saturated rings. The third kappa shape index (κ3) is 6.91. The molecular formula is C35H30IN3O6. The smallest absolute Gasteiger partial charge is 0.343 e. The fourth-order valence-corrected chi connectivity index (χ4v) is 5.52. The van der Waals surface area contributed by atoms with Gasteiger partial charge in [0.2, 0.25) is 0 Å². The molecule has 1 saturated heterocycles. The maximum Gasteiger partial charge on any atom is 0.343 e. The van der Waals surface area contributed by atoms with Crippen molar-refractivity contribution in [2.24, 2.45) is 0 Å². The van der Waals surface area contributed by atoms with Crippen molar-refractivity contribution >= 4 is 69.5 Å². The third-order valence-electron chi connectivity index (χ3n) is 7.06. The van der Waals surface area contributed by atoms with Crippen LogP contribution in [0.4, 0.5) is 21.9 Å². The van der Waals surface area contributed by atoms with Crippen molar-refractivity contribution in [3.8, 4) is 11.5 Å². The lowest BCUT2D eigenvalue weighted by Gasteiger charge is -2.34. The lowest BCUT2D eigenvalue weighted by molar-refractivity contribution is -0.121. The van der Waals surface area contributed by atoms with Gasteiger partial charge in [0, 0.05) is 5.69 Å². The number of hydrogen-bond donors (Lipinski definition) is 1. The van der Waals surface area contributed by atoms with E-state index in [4.69, 9.17) is 9.47 Å². The number of hydrogen-bond acceptors (Lipinski definition) is 6. The van der Waals surface area contributed by atoms with Crippen LogP contribution in [0, 0.1) is 17.4 Å². The standard InChI is InChI=1S/C35H30IN3O6/c1-4-44-30-20-24(19-29(36)32(30)45-21-31(40)37-25-16-15-22(2)23(3)17-25)18-28-33(41)38(26-11-7-5-8-12-26)35(43)39(34(28)42)27-13-9-6-10-14-27/h5-20H,4,21H2,1-3H3,(H,37,40). The normalized spacial score (nSPS) is 13.2. The Morgan fingerprint density at radius 1 is 0.800 bits per heavy atom. The summed E-state index contributed by atoms with van der Waals surface area (Å²) in [5, 5.41) is 2.84. The van der Waals surface area contributed by atoms with Gasteiger partial charge in [-0.25, -0.2) is 14.6 Å². The van der Waals surface area contributed by atoms with Crippen LogP contribution in [0.3, 0.4) is 0 Å². The van der Waals surface area contributed by atoms with Crippen LogP contribution < -0.4 is 24.6 Å². The van der Waals surface area contributed by atoms with Gasteiger partial charge >= 0.3 is 6.03 Å². The minimum absolute atomic E-state index is 0.206. The van der Waals surface area contributed by atoms with Crippen LogP contribution in [0.2, 0.25) is 0 Å². The van der Waals surface area contributed by atoms with Gasteiger partial charge in [-0.05, 0) is 115 Å². The van der Waals surface area contributed by atoms with E-state index in [9.17, 15) is 19.2 Å². The molecule has 5 rings (SSSR count). The SMILES string of the molecule is CCOc1cc(C=C2C(=O)N(c3ccccc3)C(=O)N(c3ccccc3)C2=O)cc(I)c1OCC(=O)Nc1ccc(C)c(C)c1. The van der Waals surface area contributed by atoms with Crippen molar-refractivity contribution in [3.05, 3.63) is 117 Å². The monoisotopic (exact) mass is 715 g/mol. The molecule has 10 heteroatoms. The van der Waals surface area contributed by atoms with Crippen molar-refractivity contribution in [1.29, 1.82) is 0 Å². The molecule has 0 spiro atoms. The van der Waals surface area contributed by atoms with Gasteiger partial charge in [0.25, 0.3) is 17.7 Å². The summed E-state index contributed by atoms with van der Waals surface area (Å²) in [7, 11) is 0. The summed E-state index contributed by atoms with van der Waals surface area (Å²) < 4.78 is 12.3. The Morgan fingerprint density at radius 2 is 1.40 bits per heavy atom. The van der Waals surface area contributed by atoms with Crippen molar-refractivity contribution < 1.29 is 28.7 Å². The number of amides is 5. The molecule has 5 amide bonds. The molecule has 45 heavy (non-hydrogen) atoms. The molecule has 1 N–H and O–H groups in total. The quantitative estimate of drug-likeness (QED) is 0.115. The van der Waals surface area contributed by atoms with Crippen LogP contribution in [0.15, 0.2) is 96.6 Å². The van der Waals surface area contributed by atoms with Gasteiger partial charge in [-0.2, -0.15) is 0 Å². The topological polar surface area (TPSA) is 105 Å². The first-order valence-corrected chi connectivity index (χ1v) is 15.3. The largest absolute Gasteiger partial charge is 0.490 e. The second-order valence-corrected chi connectivity index (χ2v) is 11.4. The summed E-state index contributed by atoms with van der Waals surface area (Å²) in [6.45, 7) is 5.82. The number of anilines is 3.